The van der Waals surface area contributed by atoms with Crippen LogP contribution in [0.25, 0.3) is 17.1 Å². The number of aryl methyl sites for hydroxylation is 1. The van der Waals surface area contributed by atoms with Gasteiger partial charge in [0.1, 0.15) is 0 Å². The fourth-order valence-electron chi connectivity index (χ4n) is 3.31. The van der Waals surface area contributed by atoms with Gasteiger partial charge >= 0.3 is 0 Å². The fourth-order valence-corrected chi connectivity index (χ4v) is 3.31. The summed E-state index contributed by atoms with van der Waals surface area (Å²) in [5.41, 5.74) is 5.37. The summed E-state index contributed by atoms with van der Waals surface area (Å²) in [6.07, 6.45) is 1.28. The van der Waals surface area contributed by atoms with E-state index in [2.05, 4.69) is 15.3 Å². The highest BCUT2D eigenvalue weighted by Gasteiger charge is 2.18. The first-order chi connectivity index (χ1) is 14.0. The van der Waals surface area contributed by atoms with Crippen LogP contribution in [-0.4, -0.2) is 37.8 Å². The normalized spacial score (nSPS) is 10.9. The van der Waals surface area contributed by atoms with Crippen LogP contribution in [0.2, 0.25) is 0 Å². The van der Waals surface area contributed by atoms with Crippen molar-refractivity contribution in [1.82, 2.24) is 24.9 Å². The molecule has 7 heteroatoms. The lowest BCUT2D eigenvalue weighted by atomic mass is 10.1. The van der Waals surface area contributed by atoms with Crippen LogP contribution in [0.15, 0.2) is 65.4 Å². The molecule has 0 atom stereocenters. The second-order valence-electron chi connectivity index (χ2n) is 6.88. The average Bonchev–Trinajstić information content (AvgIpc) is 3.38. The maximum Gasteiger partial charge on any atom is 0.253 e. The fraction of sp³-hybridized carbons (Fsp3) is 0.182. The largest absolute Gasteiger partial charge is 0.423 e. The number of rotatable bonds is 5. The summed E-state index contributed by atoms with van der Waals surface area (Å²) in [4.78, 5) is 14.6. The van der Waals surface area contributed by atoms with Crippen LogP contribution in [0.3, 0.4) is 0 Å². The molecule has 146 valence electrons. The zero-order valence-corrected chi connectivity index (χ0v) is 16.5. The first-order valence-electron chi connectivity index (χ1n) is 9.27. The molecule has 1 amide bonds. The van der Waals surface area contributed by atoms with E-state index in [1.807, 2.05) is 48.9 Å². The molecule has 0 aliphatic heterocycles. The van der Waals surface area contributed by atoms with E-state index in [1.165, 1.54) is 6.39 Å². The second-order valence-corrected chi connectivity index (χ2v) is 6.88. The topological polar surface area (TPSA) is 77.1 Å². The van der Waals surface area contributed by atoms with Gasteiger partial charge in [-0.1, -0.05) is 18.2 Å². The zero-order chi connectivity index (χ0) is 20.4. The van der Waals surface area contributed by atoms with Crippen LogP contribution in [-0.2, 0) is 6.54 Å². The van der Waals surface area contributed by atoms with Gasteiger partial charge in [-0.2, -0.15) is 5.10 Å². The number of nitrogens with zero attached hydrogens (tertiary/aromatic N) is 5. The highest BCUT2D eigenvalue weighted by molar-refractivity contribution is 5.94. The van der Waals surface area contributed by atoms with Crippen molar-refractivity contribution in [2.24, 2.45) is 0 Å². The van der Waals surface area contributed by atoms with Crippen LogP contribution in [0.4, 0.5) is 0 Å². The third-order valence-corrected chi connectivity index (χ3v) is 4.92. The Morgan fingerprint density at radius 2 is 1.79 bits per heavy atom. The Morgan fingerprint density at radius 3 is 2.45 bits per heavy atom. The second kappa shape index (κ2) is 7.71. The minimum absolute atomic E-state index is 0.0617. The predicted molar refractivity (Wildman–Crippen MR) is 109 cm³/mol. The van der Waals surface area contributed by atoms with Crippen molar-refractivity contribution >= 4 is 5.91 Å². The van der Waals surface area contributed by atoms with Crippen molar-refractivity contribution in [2.75, 3.05) is 7.05 Å². The van der Waals surface area contributed by atoms with Gasteiger partial charge in [0.2, 0.25) is 12.3 Å². The van der Waals surface area contributed by atoms with Crippen molar-refractivity contribution in [3.8, 4) is 17.1 Å². The molecule has 0 aliphatic carbocycles. The van der Waals surface area contributed by atoms with Crippen molar-refractivity contribution in [3.05, 3.63) is 83.5 Å². The number of carbonyl (C=O) groups is 1. The van der Waals surface area contributed by atoms with Gasteiger partial charge in [-0.05, 0) is 50.2 Å². The molecule has 4 aromatic rings. The molecule has 0 radical (unpaired) electrons. The Hall–Kier alpha value is -3.74. The van der Waals surface area contributed by atoms with Crippen molar-refractivity contribution in [1.29, 1.82) is 0 Å². The monoisotopic (exact) mass is 387 g/mol. The van der Waals surface area contributed by atoms with Gasteiger partial charge in [-0.15, -0.1) is 10.2 Å². The van der Waals surface area contributed by atoms with Crippen LogP contribution in [0, 0.1) is 13.8 Å². The molecule has 7 nitrogen and oxygen atoms in total. The highest BCUT2D eigenvalue weighted by atomic mass is 16.4. The standard InChI is InChI=1S/C22H21N5O2/c1-15-20(16(2)27(25-15)19-7-5-4-6-8-19)13-26(3)22(28)18-11-9-17(10-12-18)21-24-23-14-29-21/h4-12,14H,13H2,1-3H3. The molecule has 4 rings (SSSR count). The molecule has 0 bridgehead atoms. The Bertz CT molecular complexity index is 1120. The number of hydrogen-bond donors (Lipinski definition) is 0. The molecule has 0 aliphatic rings. The number of aromatic nitrogens is 4. The number of amides is 1. The smallest absolute Gasteiger partial charge is 0.253 e. The van der Waals surface area contributed by atoms with Gasteiger partial charge in [-0.25, -0.2) is 4.68 Å². The number of benzene rings is 2. The molecular weight excluding hydrogens is 366 g/mol. The molecule has 2 aromatic heterocycles. The van der Waals surface area contributed by atoms with Gasteiger partial charge in [0.25, 0.3) is 5.91 Å². The summed E-state index contributed by atoms with van der Waals surface area (Å²) in [6.45, 7) is 4.48. The van der Waals surface area contributed by atoms with Crippen molar-refractivity contribution in [3.63, 3.8) is 0 Å². The third-order valence-electron chi connectivity index (χ3n) is 4.92. The Morgan fingerprint density at radius 1 is 1.07 bits per heavy atom. The molecule has 2 heterocycles. The van der Waals surface area contributed by atoms with E-state index >= 15 is 0 Å². The Balaban J connectivity index is 1.53. The first kappa shape index (κ1) is 18.6. The van der Waals surface area contributed by atoms with Crippen molar-refractivity contribution in [2.45, 2.75) is 20.4 Å². The molecule has 2 aromatic carbocycles. The third kappa shape index (κ3) is 3.67. The van der Waals surface area contributed by atoms with Gasteiger partial charge in [0.05, 0.1) is 11.4 Å². The summed E-state index contributed by atoms with van der Waals surface area (Å²) in [6, 6.07) is 17.1. The van der Waals surface area contributed by atoms with Crippen LogP contribution in [0.5, 0.6) is 0 Å². The van der Waals surface area contributed by atoms with Crippen LogP contribution >= 0.6 is 0 Å². The molecule has 29 heavy (non-hydrogen) atoms. The summed E-state index contributed by atoms with van der Waals surface area (Å²) >= 11 is 0. The maximum atomic E-state index is 12.9. The lowest BCUT2D eigenvalue weighted by molar-refractivity contribution is 0.0785. The summed E-state index contributed by atoms with van der Waals surface area (Å²) in [5, 5.41) is 12.2. The van der Waals surface area contributed by atoms with Gasteiger partial charge in [0, 0.05) is 36.0 Å². The lowest BCUT2D eigenvalue weighted by Crippen LogP contribution is -2.26. The average molecular weight is 387 g/mol. The molecule has 0 fully saturated rings. The molecule has 0 saturated carbocycles. The molecule has 0 N–H and O–H groups in total. The lowest BCUT2D eigenvalue weighted by Gasteiger charge is -2.18. The number of para-hydroxylation sites is 1. The number of hydrogen-bond acceptors (Lipinski definition) is 5. The summed E-state index contributed by atoms with van der Waals surface area (Å²) in [7, 11) is 1.80. The van der Waals surface area contributed by atoms with E-state index in [4.69, 9.17) is 4.42 Å². The summed E-state index contributed by atoms with van der Waals surface area (Å²) in [5.74, 6) is 0.366. The highest BCUT2D eigenvalue weighted by Crippen LogP contribution is 2.21. The Kier molecular flexibility index (Phi) is 4.95. The minimum Gasteiger partial charge on any atom is -0.423 e. The van der Waals surface area contributed by atoms with Crippen LogP contribution < -0.4 is 0 Å². The maximum absolute atomic E-state index is 12.9. The van der Waals surface area contributed by atoms with Crippen molar-refractivity contribution < 1.29 is 9.21 Å². The van der Waals surface area contributed by atoms with Gasteiger partial charge in [0.15, 0.2) is 0 Å². The minimum atomic E-state index is -0.0617. The predicted octanol–water partition coefficient (Wildman–Crippen LogP) is 3.81. The van der Waals surface area contributed by atoms with Crippen LogP contribution in [0.1, 0.15) is 27.3 Å². The van der Waals surface area contributed by atoms with E-state index in [0.29, 0.717) is 18.0 Å². The van der Waals surface area contributed by atoms with E-state index in [0.717, 1.165) is 28.2 Å². The van der Waals surface area contributed by atoms with E-state index in [1.54, 1.807) is 36.2 Å². The number of carbonyl (C=O) groups excluding carboxylic acids is 1. The molecule has 0 saturated heterocycles. The SMILES string of the molecule is Cc1nn(-c2ccccc2)c(C)c1CN(C)C(=O)c1ccc(-c2nnco2)cc1. The van der Waals surface area contributed by atoms with E-state index < -0.39 is 0 Å². The molecular formula is C22H21N5O2. The quantitative estimate of drug-likeness (QED) is 0.520. The van der Waals surface area contributed by atoms with E-state index in [-0.39, 0.29) is 5.91 Å². The first-order valence-corrected chi connectivity index (χ1v) is 9.27. The molecule has 0 spiro atoms. The van der Waals surface area contributed by atoms with Gasteiger partial charge < -0.3 is 9.32 Å². The van der Waals surface area contributed by atoms with Gasteiger partial charge in [-0.3, -0.25) is 4.79 Å². The molecule has 0 unspecified atom stereocenters. The summed E-state index contributed by atoms with van der Waals surface area (Å²) < 4.78 is 7.10. The van der Waals surface area contributed by atoms with E-state index in [9.17, 15) is 4.79 Å². The zero-order valence-electron chi connectivity index (χ0n) is 16.5. The Labute approximate surface area is 168 Å².